The zero-order chi connectivity index (χ0) is 11.2. The molecule has 1 aliphatic rings. The first kappa shape index (κ1) is 11.4. The molecule has 3 heteroatoms. The van der Waals surface area contributed by atoms with Gasteiger partial charge in [-0.25, -0.2) is 4.98 Å². The molecule has 2 rings (SSSR count). The van der Waals surface area contributed by atoms with Crippen molar-refractivity contribution in [2.45, 2.75) is 32.8 Å². The third-order valence-electron chi connectivity index (χ3n) is 2.82. The van der Waals surface area contributed by atoms with Gasteiger partial charge in [-0.2, -0.15) is 0 Å². The van der Waals surface area contributed by atoms with E-state index in [1.807, 2.05) is 12.3 Å². The van der Waals surface area contributed by atoms with Gasteiger partial charge in [0.2, 0.25) is 0 Å². The maximum Gasteiger partial charge on any atom is 0.125 e. The molecule has 0 aliphatic heterocycles. The number of anilines is 1. The summed E-state index contributed by atoms with van der Waals surface area (Å²) < 4.78 is 5.61. The highest BCUT2D eigenvalue weighted by Gasteiger charge is 2.20. The molecule has 0 radical (unpaired) electrons. The molecule has 1 N–H and O–H groups in total. The van der Waals surface area contributed by atoms with Crippen molar-refractivity contribution >= 4 is 5.82 Å². The summed E-state index contributed by atoms with van der Waals surface area (Å²) in [6, 6.07) is 4.07. The second-order valence-electron chi connectivity index (χ2n) is 4.37. The van der Waals surface area contributed by atoms with E-state index in [4.69, 9.17) is 4.74 Å². The summed E-state index contributed by atoms with van der Waals surface area (Å²) in [5, 5.41) is 3.17. The minimum atomic E-state index is 0.687. The summed E-state index contributed by atoms with van der Waals surface area (Å²) in [5.41, 5.74) is 1.15. The first-order chi connectivity index (χ1) is 7.88. The van der Waals surface area contributed by atoms with Crippen LogP contribution in [0.1, 0.15) is 31.7 Å². The molecule has 0 bridgehead atoms. The van der Waals surface area contributed by atoms with Crippen molar-refractivity contribution in [2.75, 3.05) is 18.5 Å². The zero-order valence-corrected chi connectivity index (χ0v) is 9.91. The Balaban J connectivity index is 1.67. The lowest BCUT2D eigenvalue weighted by Crippen LogP contribution is -2.00. The van der Waals surface area contributed by atoms with E-state index >= 15 is 0 Å². The van der Waals surface area contributed by atoms with Gasteiger partial charge >= 0.3 is 0 Å². The number of nitrogens with zero attached hydrogens (tertiary/aromatic N) is 1. The van der Waals surface area contributed by atoms with Crippen molar-refractivity contribution in [3.63, 3.8) is 0 Å². The number of rotatable bonds is 7. The number of hydrogen-bond donors (Lipinski definition) is 1. The topological polar surface area (TPSA) is 34.1 Å². The number of ether oxygens (including phenoxy) is 1. The van der Waals surface area contributed by atoms with E-state index in [0.29, 0.717) is 6.61 Å². The molecule has 0 aromatic carbocycles. The maximum absolute atomic E-state index is 5.61. The van der Waals surface area contributed by atoms with Crippen molar-refractivity contribution in [3.05, 3.63) is 23.9 Å². The smallest absolute Gasteiger partial charge is 0.125 e. The molecule has 1 aromatic rings. The minimum Gasteiger partial charge on any atom is -0.377 e. The van der Waals surface area contributed by atoms with Gasteiger partial charge in [-0.1, -0.05) is 18.9 Å². The average molecular weight is 220 g/mol. The molecule has 1 aromatic heterocycles. The second-order valence-corrected chi connectivity index (χ2v) is 4.37. The third kappa shape index (κ3) is 3.81. The SMILES string of the molecule is CCNc1ccc(COCCC2CC2)cn1. The van der Waals surface area contributed by atoms with Gasteiger partial charge < -0.3 is 10.1 Å². The summed E-state index contributed by atoms with van der Waals surface area (Å²) in [7, 11) is 0. The average Bonchev–Trinajstić information content (AvgIpc) is 3.11. The van der Waals surface area contributed by atoms with Gasteiger partial charge in [0, 0.05) is 19.3 Å². The number of nitrogens with one attached hydrogen (secondary N) is 1. The molecule has 88 valence electrons. The predicted molar refractivity (Wildman–Crippen MR) is 65.4 cm³/mol. The minimum absolute atomic E-state index is 0.687. The monoisotopic (exact) mass is 220 g/mol. The van der Waals surface area contributed by atoms with Gasteiger partial charge in [0.15, 0.2) is 0 Å². The van der Waals surface area contributed by atoms with Crippen LogP contribution in [0, 0.1) is 5.92 Å². The van der Waals surface area contributed by atoms with Crippen LogP contribution in [-0.2, 0) is 11.3 Å². The van der Waals surface area contributed by atoms with Gasteiger partial charge in [-0.3, -0.25) is 0 Å². The van der Waals surface area contributed by atoms with Crippen LogP contribution in [0.2, 0.25) is 0 Å². The van der Waals surface area contributed by atoms with E-state index in [0.717, 1.165) is 30.5 Å². The van der Waals surface area contributed by atoms with Crippen LogP contribution in [0.3, 0.4) is 0 Å². The van der Waals surface area contributed by atoms with Crippen LogP contribution in [0.25, 0.3) is 0 Å². The van der Waals surface area contributed by atoms with Crippen LogP contribution in [0.4, 0.5) is 5.82 Å². The number of pyridine rings is 1. The lowest BCUT2D eigenvalue weighted by Gasteiger charge is -2.05. The van der Waals surface area contributed by atoms with Crippen LogP contribution >= 0.6 is 0 Å². The summed E-state index contributed by atoms with van der Waals surface area (Å²) in [4.78, 5) is 4.30. The van der Waals surface area contributed by atoms with Crippen molar-refractivity contribution in [1.82, 2.24) is 4.98 Å². The van der Waals surface area contributed by atoms with Gasteiger partial charge in [0.05, 0.1) is 6.61 Å². The molecular formula is C13H20N2O. The lowest BCUT2D eigenvalue weighted by molar-refractivity contribution is 0.115. The number of hydrogen-bond acceptors (Lipinski definition) is 3. The quantitative estimate of drug-likeness (QED) is 0.717. The zero-order valence-electron chi connectivity index (χ0n) is 9.91. The Morgan fingerprint density at radius 1 is 1.44 bits per heavy atom. The molecule has 3 nitrogen and oxygen atoms in total. The van der Waals surface area contributed by atoms with E-state index in [2.05, 4.69) is 23.3 Å². The maximum atomic E-state index is 5.61. The Morgan fingerprint density at radius 3 is 2.94 bits per heavy atom. The fraction of sp³-hybridized carbons (Fsp3) is 0.615. The lowest BCUT2D eigenvalue weighted by atomic mass is 10.3. The molecule has 0 atom stereocenters. The van der Waals surface area contributed by atoms with E-state index in [1.54, 1.807) is 0 Å². The predicted octanol–water partition coefficient (Wildman–Crippen LogP) is 2.83. The van der Waals surface area contributed by atoms with Gasteiger partial charge in [-0.15, -0.1) is 0 Å². The first-order valence-electron chi connectivity index (χ1n) is 6.15. The molecule has 0 spiro atoms. The molecule has 0 saturated heterocycles. The van der Waals surface area contributed by atoms with Gasteiger partial charge in [-0.05, 0) is 30.9 Å². The number of aromatic nitrogens is 1. The summed E-state index contributed by atoms with van der Waals surface area (Å²) in [5.74, 6) is 1.89. The van der Waals surface area contributed by atoms with Crippen LogP contribution in [-0.4, -0.2) is 18.1 Å². The first-order valence-corrected chi connectivity index (χ1v) is 6.15. The van der Waals surface area contributed by atoms with Gasteiger partial charge in [0.25, 0.3) is 0 Å². The molecule has 16 heavy (non-hydrogen) atoms. The van der Waals surface area contributed by atoms with E-state index in [9.17, 15) is 0 Å². The molecule has 1 fully saturated rings. The molecule has 1 heterocycles. The fourth-order valence-corrected chi connectivity index (χ4v) is 1.64. The van der Waals surface area contributed by atoms with Crippen molar-refractivity contribution in [1.29, 1.82) is 0 Å². The van der Waals surface area contributed by atoms with Crippen LogP contribution < -0.4 is 5.32 Å². The highest BCUT2D eigenvalue weighted by atomic mass is 16.5. The van der Waals surface area contributed by atoms with E-state index in [-0.39, 0.29) is 0 Å². The summed E-state index contributed by atoms with van der Waals surface area (Å²) >= 11 is 0. The highest BCUT2D eigenvalue weighted by Crippen LogP contribution is 2.32. The standard InChI is InChI=1S/C13H20N2O/c1-2-14-13-6-5-12(9-15-13)10-16-8-7-11-3-4-11/h5-6,9,11H,2-4,7-8,10H2,1H3,(H,14,15). The highest BCUT2D eigenvalue weighted by molar-refractivity contribution is 5.34. The Labute approximate surface area is 97.2 Å². The largest absolute Gasteiger partial charge is 0.377 e. The summed E-state index contributed by atoms with van der Waals surface area (Å²) in [6.45, 7) is 4.55. The Kier molecular flexibility index (Phi) is 4.17. The molecule has 0 unspecified atom stereocenters. The van der Waals surface area contributed by atoms with Gasteiger partial charge in [0.1, 0.15) is 5.82 Å². The fourth-order valence-electron chi connectivity index (χ4n) is 1.64. The van der Waals surface area contributed by atoms with Crippen LogP contribution in [0.5, 0.6) is 0 Å². The normalized spacial score (nSPS) is 15.1. The molecule has 1 saturated carbocycles. The summed E-state index contributed by atoms with van der Waals surface area (Å²) in [6.07, 6.45) is 5.92. The van der Waals surface area contributed by atoms with Crippen molar-refractivity contribution in [3.8, 4) is 0 Å². The third-order valence-corrected chi connectivity index (χ3v) is 2.82. The van der Waals surface area contributed by atoms with E-state index < -0.39 is 0 Å². The Morgan fingerprint density at radius 2 is 2.31 bits per heavy atom. The molecular weight excluding hydrogens is 200 g/mol. The Hall–Kier alpha value is -1.09. The van der Waals surface area contributed by atoms with E-state index in [1.165, 1.54) is 19.3 Å². The Bertz CT molecular complexity index is 306. The second kappa shape index (κ2) is 5.85. The van der Waals surface area contributed by atoms with Crippen LogP contribution in [0.15, 0.2) is 18.3 Å². The molecule has 0 amide bonds. The van der Waals surface area contributed by atoms with Crippen molar-refractivity contribution in [2.24, 2.45) is 5.92 Å². The van der Waals surface area contributed by atoms with Crippen molar-refractivity contribution < 1.29 is 4.74 Å². The molecule has 1 aliphatic carbocycles.